The highest BCUT2D eigenvalue weighted by Gasteiger charge is 2.34. The summed E-state index contributed by atoms with van der Waals surface area (Å²) in [7, 11) is 0. The molecule has 0 spiro atoms. The molecule has 1 saturated heterocycles. The van der Waals surface area contributed by atoms with E-state index in [1.165, 1.54) is 32.1 Å². The van der Waals surface area contributed by atoms with Crippen LogP contribution in [0.1, 0.15) is 52.4 Å². The third kappa shape index (κ3) is 3.62. The van der Waals surface area contributed by atoms with Crippen molar-refractivity contribution in [1.29, 1.82) is 0 Å². The quantitative estimate of drug-likeness (QED) is 0.738. The topological polar surface area (TPSA) is 23.6 Å². The van der Waals surface area contributed by atoms with E-state index in [0.29, 0.717) is 18.0 Å². The molecule has 3 heteroatoms. The Morgan fingerprint density at radius 2 is 1.88 bits per heavy atom. The van der Waals surface area contributed by atoms with Crippen LogP contribution in [0.25, 0.3) is 0 Å². The van der Waals surface area contributed by atoms with Gasteiger partial charge in [-0.2, -0.15) is 0 Å². The molecule has 1 aliphatic carbocycles. The molecule has 2 fully saturated rings. The minimum atomic E-state index is 0.313. The van der Waals surface area contributed by atoms with Crippen molar-refractivity contribution >= 4 is 6.03 Å². The molecule has 17 heavy (non-hydrogen) atoms. The van der Waals surface area contributed by atoms with Crippen LogP contribution >= 0.6 is 0 Å². The zero-order valence-corrected chi connectivity index (χ0v) is 11.3. The minimum absolute atomic E-state index is 0.313. The predicted octanol–water partition coefficient (Wildman–Crippen LogP) is 3.10. The highest BCUT2D eigenvalue weighted by molar-refractivity contribution is 5.75. The Labute approximate surface area is 105 Å². The van der Waals surface area contributed by atoms with Gasteiger partial charge in [-0.3, -0.25) is 0 Å². The Morgan fingerprint density at radius 3 is 2.41 bits per heavy atom. The van der Waals surface area contributed by atoms with Crippen LogP contribution in [0.15, 0.2) is 0 Å². The average Bonchev–Trinajstić information content (AvgIpc) is 3.14. The van der Waals surface area contributed by atoms with Crippen molar-refractivity contribution in [3.8, 4) is 0 Å². The molecular formula is C14H26N2O. The van der Waals surface area contributed by atoms with Crippen LogP contribution in [-0.2, 0) is 0 Å². The van der Waals surface area contributed by atoms with Crippen molar-refractivity contribution in [2.45, 2.75) is 58.4 Å². The maximum Gasteiger partial charge on any atom is 0.320 e. The normalized spacial score (nSPS) is 20.8. The van der Waals surface area contributed by atoms with Crippen LogP contribution in [0.3, 0.4) is 0 Å². The van der Waals surface area contributed by atoms with Crippen molar-refractivity contribution in [3.05, 3.63) is 0 Å². The summed E-state index contributed by atoms with van der Waals surface area (Å²) in [6.07, 6.45) is 7.24. The number of nitrogens with zero attached hydrogens (tertiary/aromatic N) is 2. The molecule has 2 aliphatic rings. The maximum atomic E-state index is 12.4. The fraction of sp³-hybridized carbons (Fsp3) is 0.929. The van der Waals surface area contributed by atoms with Crippen molar-refractivity contribution in [1.82, 2.24) is 9.80 Å². The first-order valence-electron chi connectivity index (χ1n) is 7.24. The maximum absolute atomic E-state index is 12.4. The van der Waals surface area contributed by atoms with Crippen LogP contribution in [0.4, 0.5) is 4.79 Å². The number of piperidine rings is 1. The molecule has 1 aliphatic heterocycles. The van der Waals surface area contributed by atoms with Crippen LogP contribution in [0, 0.1) is 5.92 Å². The number of carbonyl (C=O) groups is 1. The summed E-state index contributed by atoms with van der Waals surface area (Å²) in [6.45, 7) is 7.37. The number of carbonyl (C=O) groups excluding carboxylic acids is 1. The molecule has 2 amide bonds. The van der Waals surface area contributed by atoms with E-state index >= 15 is 0 Å². The van der Waals surface area contributed by atoms with E-state index in [1.54, 1.807) is 0 Å². The second-order valence-corrected chi connectivity index (χ2v) is 5.94. The molecule has 2 rings (SSSR count). The Balaban J connectivity index is 1.87. The van der Waals surface area contributed by atoms with Gasteiger partial charge >= 0.3 is 6.03 Å². The molecule has 3 nitrogen and oxygen atoms in total. The van der Waals surface area contributed by atoms with Gasteiger partial charge in [-0.25, -0.2) is 4.79 Å². The zero-order chi connectivity index (χ0) is 12.3. The number of rotatable bonds is 4. The van der Waals surface area contributed by atoms with Crippen molar-refractivity contribution in [2.24, 2.45) is 5.92 Å². The van der Waals surface area contributed by atoms with E-state index in [1.807, 2.05) is 0 Å². The molecular weight excluding hydrogens is 212 g/mol. The van der Waals surface area contributed by atoms with Gasteiger partial charge in [0.15, 0.2) is 0 Å². The van der Waals surface area contributed by atoms with Gasteiger partial charge in [0.2, 0.25) is 0 Å². The lowest BCUT2D eigenvalue weighted by molar-refractivity contribution is 0.138. The Bertz CT molecular complexity index is 255. The summed E-state index contributed by atoms with van der Waals surface area (Å²) in [5.74, 6) is 0.686. The fourth-order valence-electron chi connectivity index (χ4n) is 2.48. The first kappa shape index (κ1) is 12.7. The molecule has 0 aromatic heterocycles. The predicted molar refractivity (Wildman–Crippen MR) is 70.0 cm³/mol. The van der Waals surface area contributed by atoms with Gasteiger partial charge in [0, 0.05) is 25.7 Å². The summed E-state index contributed by atoms with van der Waals surface area (Å²) in [4.78, 5) is 16.7. The highest BCUT2D eigenvalue weighted by atomic mass is 16.2. The largest absolute Gasteiger partial charge is 0.325 e. The van der Waals surface area contributed by atoms with Gasteiger partial charge in [-0.15, -0.1) is 0 Å². The zero-order valence-electron chi connectivity index (χ0n) is 11.3. The van der Waals surface area contributed by atoms with E-state index < -0.39 is 0 Å². The minimum Gasteiger partial charge on any atom is -0.325 e. The van der Waals surface area contributed by atoms with Crippen LogP contribution in [0.5, 0.6) is 0 Å². The average molecular weight is 238 g/mol. The van der Waals surface area contributed by atoms with E-state index in [0.717, 1.165) is 26.1 Å². The summed E-state index contributed by atoms with van der Waals surface area (Å²) in [5, 5.41) is 0. The standard InChI is InChI=1S/C14H26N2O/c1-12(2)8-11-16(13-6-7-13)14(17)15-9-4-3-5-10-15/h12-13H,3-11H2,1-2H3. The fourth-order valence-corrected chi connectivity index (χ4v) is 2.48. The van der Waals surface area contributed by atoms with Gasteiger partial charge in [0.05, 0.1) is 0 Å². The number of likely N-dealkylation sites (tertiary alicyclic amines) is 1. The highest BCUT2D eigenvalue weighted by Crippen LogP contribution is 2.29. The molecule has 0 bridgehead atoms. The molecule has 0 N–H and O–H groups in total. The molecule has 0 radical (unpaired) electrons. The van der Waals surface area contributed by atoms with Gasteiger partial charge in [0.1, 0.15) is 0 Å². The van der Waals surface area contributed by atoms with Crippen molar-refractivity contribution < 1.29 is 4.79 Å². The lowest BCUT2D eigenvalue weighted by Gasteiger charge is -2.33. The van der Waals surface area contributed by atoms with Crippen LogP contribution in [-0.4, -0.2) is 41.5 Å². The Hall–Kier alpha value is -0.730. The number of amides is 2. The second-order valence-electron chi connectivity index (χ2n) is 5.94. The first-order chi connectivity index (χ1) is 8.18. The van der Waals surface area contributed by atoms with Crippen LogP contribution in [0.2, 0.25) is 0 Å². The number of urea groups is 1. The SMILES string of the molecule is CC(C)CCN(C(=O)N1CCCCC1)C1CC1. The van der Waals surface area contributed by atoms with E-state index in [-0.39, 0.29) is 0 Å². The van der Waals surface area contributed by atoms with E-state index in [9.17, 15) is 4.79 Å². The van der Waals surface area contributed by atoms with Crippen molar-refractivity contribution in [2.75, 3.05) is 19.6 Å². The van der Waals surface area contributed by atoms with Gasteiger partial charge in [-0.1, -0.05) is 13.8 Å². The summed E-state index contributed by atoms with van der Waals surface area (Å²) in [6, 6.07) is 0.871. The number of hydrogen-bond donors (Lipinski definition) is 0. The third-order valence-corrected chi connectivity index (χ3v) is 3.81. The summed E-state index contributed by atoms with van der Waals surface area (Å²) >= 11 is 0. The van der Waals surface area contributed by atoms with Gasteiger partial charge < -0.3 is 9.80 Å². The smallest absolute Gasteiger partial charge is 0.320 e. The molecule has 98 valence electrons. The molecule has 1 heterocycles. The summed E-state index contributed by atoms with van der Waals surface area (Å²) < 4.78 is 0. The molecule has 0 atom stereocenters. The molecule has 1 saturated carbocycles. The van der Waals surface area contributed by atoms with E-state index in [2.05, 4.69) is 23.6 Å². The van der Waals surface area contributed by atoms with Gasteiger partial charge in [-0.05, 0) is 44.4 Å². The van der Waals surface area contributed by atoms with Crippen LogP contribution < -0.4 is 0 Å². The first-order valence-corrected chi connectivity index (χ1v) is 7.24. The molecule has 0 unspecified atom stereocenters. The lowest BCUT2D eigenvalue weighted by Crippen LogP contribution is -2.47. The third-order valence-electron chi connectivity index (χ3n) is 3.81. The molecule has 0 aromatic carbocycles. The Kier molecular flexibility index (Phi) is 4.30. The van der Waals surface area contributed by atoms with Crippen molar-refractivity contribution in [3.63, 3.8) is 0 Å². The summed E-state index contributed by atoms with van der Waals surface area (Å²) in [5.41, 5.74) is 0. The number of hydrogen-bond acceptors (Lipinski definition) is 1. The van der Waals surface area contributed by atoms with Gasteiger partial charge in [0.25, 0.3) is 0 Å². The lowest BCUT2D eigenvalue weighted by atomic mass is 10.1. The Morgan fingerprint density at radius 1 is 1.24 bits per heavy atom. The monoisotopic (exact) mass is 238 g/mol. The second kappa shape index (κ2) is 5.74. The van der Waals surface area contributed by atoms with E-state index in [4.69, 9.17) is 0 Å². The molecule has 0 aromatic rings.